The Hall–Kier alpha value is -3.41. The van der Waals surface area contributed by atoms with Crippen molar-refractivity contribution in [2.45, 2.75) is 20.8 Å². The molecule has 3 N–H and O–H groups in total. The molecule has 140 valence electrons. The molecule has 0 spiro atoms. The lowest BCUT2D eigenvalue weighted by Gasteiger charge is -2.17. The average Bonchev–Trinajstić information content (AvgIpc) is 2.65. The molecule has 0 aromatic heterocycles. The quantitative estimate of drug-likeness (QED) is 0.575. The van der Waals surface area contributed by atoms with Gasteiger partial charge in [-0.15, -0.1) is 0 Å². The maximum Gasteiger partial charge on any atom is 0.269 e. The molecular formula is C21H23N3O3. The molecule has 0 fully saturated rings. The van der Waals surface area contributed by atoms with Gasteiger partial charge in [-0.2, -0.15) is 0 Å². The van der Waals surface area contributed by atoms with Crippen LogP contribution < -0.4 is 16.2 Å². The molecule has 0 unspecified atom stereocenters. The number of rotatable bonds is 4. The van der Waals surface area contributed by atoms with Crippen molar-refractivity contribution < 1.29 is 14.4 Å². The predicted octanol–water partition coefficient (Wildman–Crippen LogP) is 3.15. The molecule has 0 saturated carbocycles. The molecule has 27 heavy (non-hydrogen) atoms. The highest BCUT2D eigenvalue weighted by molar-refractivity contribution is 5.99. The van der Waals surface area contributed by atoms with Gasteiger partial charge in [0.05, 0.1) is 0 Å². The zero-order chi connectivity index (χ0) is 19.9. The lowest BCUT2D eigenvalue weighted by Crippen LogP contribution is -2.40. The van der Waals surface area contributed by atoms with E-state index in [4.69, 9.17) is 0 Å². The maximum atomic E-state index is 12.1. The molecule has 0 atom stereocenters. The van der Waals surface area contributed by atoms with E-state index in [0.717, 1.165) is 5.56 Å². The number of benzene rings is 2. The standard InChI is InChI=1S/C21H23N3O3/c1-21(2,3)20(27)22-17-12-10-16(11-13-17)19(26)24-23-18(25)14-9-15-7-5-4-6-8-15/h4-14H,1-3H3,(H,22,27)(H,23,25)(H,24,26). The number of anilines is 1. The van der Waals surface area contributed by atoms with Gasteiger partial charge >= 0.3 is 0 Å². The summed E-state index contributed by atoms with van der Waals surface area (Å²) in [4.78, 5) is 35.8. The van der Waals surface area contributed by atoms with E-state index in [0.29, 0.717) is 11.3 Å². The molecule has 0 aliphatic carbocycles. The zero-order valence-corrected chi connectivity index (χ0v) is 15.6. The summed E-state index contributed by atoms with van der Waals surface area (Å²) < 4.78 is 0. The molecule has 0 bridgehead atoms. The van der Waals surface area contributed by atoms with Gasteiger partial charge < -0.3 is 5.32 Å². The van der Waals surface area contributed by atoms with E-state index in [2.05, 4.69) is 16.2 Å². The van der Waals surface area contributed by atoms with E-state index >= 15 is 0 Å². The van der Waals surface area contributed by atoms with Crippen LogP contribution in [0.25, 0.3) is 6.08 Å². The first-order valence-corrected chi connectivity index (χ1v) is 8.51. The summed E-state index contributed by atoms with van der Waals surface area (Å²) in [6, 6.07) is 15.8. The van der Waals surface area contributed by atoms with Crippen LogP contribution >= 0.6 is 0 Å². The second kappa shape index (κ2) is 8.80. The fourth-order valence-corrected chi connectivity index (χ4v) is 1.99. The Balaban J connectivity index is 1.86. The van der Waals surface area contributed by atoms with Crippen molar-refractivity contribution in [1.29, 1.82) is 0 Å². The summed E-state index contributed by atoms with van der Waals surface area (Å²) in [5.41, 5.74) is 6.00. The van der Waals surface area contributed by atoms with Crippen LogP contribution in [0.3, 0.4) is 0 Å². The fraction of sp³-hybridized carbons (Fsp3) is 0.190. The van der Waals surface area contributed by atoms with Crippen molar-refractivity contribution in [3.8, 4) is 0 Å². The van der Waals surface area contributed by atoms with Crippen LogP contribution in [-0.4, -0.2) is 17.7 Å². The molecule has 3 amide bonds. The highest BCUT2D eigenvalue weighted by atomic mass is 16.2. The molecular weight excluding hydrogens is 342 g/mol. The Morgan fingerprint density at radius 2 is 1.48 bits per heavy atom. The molecule has 6 nitrogen and oxygen atoms in total. The lowest BCUT2D eigenvalue weighted by atomic mass is 9.95. The number of nitrogens with one attached hydrogen (secondary N) is 3. The Morgan fingerprint density at radius 3 is 2.07 bits per heavy atom. The van der Waals surface area contributed by atoms with Crippen LogP contribution in [0.5, 0.6) is 0 Å². The number of amides is 3. The summed E-state index contributed by atoms with van der Waals surface area (Å²) in [5, 5.41) is 2.78. The van der Waals surface area contributed by atoms with Gasteiger partial charge in [-0.25, -0.2) is 0 Å². The average molecular weight is 365 g/mol. The summed E-state index contributed by atoms with van der Waals surface area (Å²) in [6.45, 7) is 5.46. The van der Waals surface area contributed by atoms with Gasteiger partial charge in [0.25, 0.3) is 11.8 Å². The Bertz CT molecular complexity index is 835. The minimum atomic E-state index is -0.506. The third-order valence-electron chi connectivity index (χ3n) is 3.61. The predicted molar refractivity (Wildman–Crippen MR) is 106 cm³/mol. The maximum absolute atomic E-state index is 12.1. The Labute approximate surface area is 158 Å². The van der Waals surface area contributed by atoms with Gasteiger partial charge in [0.1, 0.15) is 0 Å². The molecule has 0 heterocycles. The number of carbonyl (C=O) groups is 3. The summed E-state index contributed by atoms with van der Waals surface area (Å²) >= 11 is 0. The van der Waals surface area contributed by atoms with Gasteiger partial charge in [-0.05, 0) is 35.9 Å². The molecule has 2 rings (SSSR count). The van der Waals surface area contributed by atoms with Crippen LogP contribution in [0.1, 0.15) is 36.7 Å². The number of hydrogen-bond donors (Lipinski definition) is 3. The van der Waals surface area contributed by atoms with Crippen LogP contribution in [0.2, 0.25) is 0 Å². The summed E-state index contributed by atoms with van der Waals surface area (Å²) in [5.74, 6) is -1.01. The lowest BCUT2D eigenvalue weighted by molar-refractivity contribution is -0.123. The second-order valence-electron chi connectivity index (χ2n) is 6.97. The molecule has 0 aliphatic rings. The van der Waals surface area contributed by atoms with Gasteiger partial charge in [-0.1, -0.05) is 51.1 Å². The minimum Gasteiger partial charge on any atom is -0.326 e. The second-order valence-corrected chi connectivity index (χ2v) is 6.97. The SMILES string of the molecule is CC(C)(C)C(=O)Nc1ccc(C(=O)NNC(=O)C=Cc2ccccc2)cc1. The first-order chi connectivity index (χ1) is 12.8. The van der Waals surface area contributed by atoms with Gasteiger partial charge in [-0.3, -0.25) is 25.2 Å². The fourth-order valence-electron chi connectivity index (χ4n) is 1.99. The first-order valence-electron chi connectivity index (χ1n) is 8.51. The van der Waals surface area contributed by atoms with E-state index in [1.165, 1.54) is 6.08 Å². The molecule has 6 heteroatoms. The molecule has 0 saturated heterocycles. The summed E-state index contributed by atoms with van der Waals surface area (Å²) in [6.07, 6.45) is 2.98. The smallest absolute Gasteiger partial charge is 0.269 e. The van der Waals surface area contributed by atoms with Crippen molar-refractivity contribution in [3.05, 3.63) is 71.8 Å². The van der Waals surface area contributed by atoms with E-state index in [-0.39, 0.29) is 5.91 Å². The van der Waals surface area contributed by atoms with Crippen LogP contribution in [0, 0.1) is 5.41 Å². The third kappa shape index (κ3) is 6.43. The Kier molecular flexibility index (Phi) is 6.49. The number of hydrazine groups is 1. The highest BCUT2D eigenvalue weighted by Crippen LogP contribution is 2.17. The van der Waals surface area contributed by atoms with E-state index in [9.17, 15) is 14.4 Å². The van der Waals surface area contributed by atoms with Crippen molar-refractivity contribution >= 4 is 29.5 Å². The van der Waals surface area contributed by atoms with Gasteiger partial charge in [0, 0.05) is 22.7 Å². The van der Waals surface area contributed by atoms with Crippen molar-refractivity contribution in [2.75, 3.05) is 5.32 Å². The molecule has 2 aromatic rings. The zero-order valence-electron chi connectivity index (χ0n) is 15.6. The van der Waals surface area contributed by atoms with Crippen molar-refractivity contribution in [1.82, 2.24) is 10.9 Å². The van der Waals surface area contributed by atoms with E-state index < -0.39 is 17.2 Å². The first kappa shape index (κ1) is 19.9. The molecule has 2 aromatic carbocycles. The largest absolute Gasteiger partial charge is 0.326 e. The third-order valence-corrected chi connectivity index (χ3v) is 3.61. The monoisotopic (exact) mass is 365 g/mol. The van der Waals surface area contributed by atoms with Crippen LogP contribution in [0.15, 0.2) is 60.7 Å². The van der Waals surface area contributed by atoms with Gasteiger partial charge in [0.15, 0.2) is 0 Å². The van der Waals surface area contributed by atoms with Crippen molar-refractivity contribution in [2.24, 2.45) is 5.41 Å². The molecule has 0 radical (unpaired) electrons. The summed E-state index contributed by atoms with van der Waals surface area (Å²) in [7, 11) is 0. The number of carbonyl (C=O) groups excluding carboxylic acids is 3. The molecule has 0 aliphatic heterocycles. The van der Waals surface area contributed by atoms with Crippen LogP contribution in [-0.2, 0) is 9.59 Å². The Morgan fingerprint density at radius 1 is 0.852 bits per heavy atom. The normalized spacial score (nSPS) is 11.1. The minimum absolute atomic E-state index is 0.114. The van der Waals surface area contributed by atoms with Gasteiger partial charge in [0.2, 0.25) is 5.91 Å². The number of hydrogen-bond acceptors (Lipinski definition) is 3. The van der Waals surface area contributed by atoms with E-state index in [1.54, 1.807) is 30.3 Å². The van der Waals surface area contributed by atoms with Crippen LogP contribution in [0.4, 0.5) is 5.69 Å². The highest BCUT2D eigenvalue weighted by Gasteiger charge is 2.21. The topological polar surface area (TPSA) is 87.3 Å². The van der Waals surface area contributed by atoms with Crippen molar-refractivity contribution in [3.63, 3.8) is 0 Å². The van der Waals surface area contributed by atoms with E-state index in [1.807, 2.05) is 51.1 Å².